The van der Waals surface area contributed by atoms with Crippen molar-refractivity contribution in [1.29, 1.82) is 5.26 Å². The second kappa shape index (κ2) is 5.32. The number of halogens is 1. The van der Waals surface area contributed by atoms with Crippen LogP contribution in [0.2, 0.25) is 5.02 Å². The van der Waals surface area contributed by atoms with Gasteiger partial charge in [0, 0.05) is 13.0 Å². The summed E-state index contributed by atoms with van der Waals surface area (Å²) in [4.78, 5) is 0. The lowest BCUT2D eigenvalue weighted by Crippen LogP contribution is -2.19. The Labute approximate surface area is 114 Å². The van der Waals surface area contributed by atoms with Gasteiger partial charge in [0.25, 0.3) is 0 Å². The van der Waals surface area contributed by atoms with Crippen molar-refractivity contribution in [2.24, 2.45) is 5.41 Å². The molecule has 0 aromatic carbocycles. The summed E-state index contributed by atoms with van der Waals surface area (Å²) in [7, 11) is 0. The quantitative estimate of drug-likeness (QED) is 0.832. The zero-order chi connectivity index (χ0) is 13.2. The van der Waals surface area contributed by atoms with Crippen LogP contribution in [-0.2, 0) is 19.4 Å². The third-order valence-corrected chi connectivity index (χ3v) is 4.43. The van der Waals surface area contributed by atoms with Crippen LogP contribution in [0.3, 0.4) is 0 Å². The molecule has 0 atom stereocenters. The van der Waals surface area contributed by atoms with Gasteiger partial charge in [-0.15, -0.1) is 0 Å². The Hall–Kier alpha value is -1.01. The molecule has 2 rings (SSSR count). The second-order valence-electron chi connectivity index (χ2n) is 5.15. The van der Waals surface area contributed by atoms with Gasteiger partial charge in [-0.3, -0.25) is 4.68 Å². The highest BCUT2D eigenvalue weighted by Crippen LogP contribution is 2.41. The highest BCUT2D eigenvalue weighted by Gasteiger charge is 2.36. The molecule has 1 heterocycles. The lowest BCUT2D eigenvalue weighted by Gasteiger charge is -2.20. The molecule has 18 heavy (non-hydrogen) atoms. The van der Waals surface area contributed by atoms with E-state index in [0.717, 1.165) is 61.5 Å². The molecule has 3 nitrogen and oxygen atoms in total. The number of nitrogens with zero attached hydrogens (tertiary/aromatic N) is 3. The van der Waals surface area contributed by atoms with Gasteiger partial charge in [-0.1, -0.05) is 31.4 Å². The first-order valence-electron chi connectivity index (χ1n) is 6.81. The van der Waals surface area contributed by atoms with E-state index in [1.807, 2.05) is 4.68 Å². The Kier molecular flexibility index (Phi) is 3.97. The van der Waals surface area contributed by atoms with Crippen LogP contribution in [0.1, 0.15) is 50.9 Å². The SMILES string of the molecule is CCc1nn(CC)c(CC2(C#N)CCCC2)c1Cl. The smallest absolute Gasteiger partial charge is 0.0850 e. The van der Waals surface area contributed by atoms with E-state index in [4.69, 9.17) is 11.6 Å². The van der Waals surface area contributed by atoms with E-state index in [-0.39, 0.29) is 5.41 Å². The van der Waals surface area contributed by atoms with Gasteiger partial charge < -0.3 is 0 Å². The molecule has 1 fully saturated rings. The molecular formula is C14H20ClN3. The predicted molar refractivity (Wildman–Crippen MR) is 72.5 cm³/mol. The molecule has 4 heteroatoms. The molecule has 0 spiro atoms. The van der Waals surface area contributed by atoms with Crippen LogP contribution in [0.4, 0.5) is 0 Å². The lowest BCUT2D eigenvalue weighted by atomic mass is 9.83. The fraction of sp³-hybridized carbons (Fsp3) is 0.714. The topological polar surface area (TPSA) is 41.6 Å². The molecule has 1 aromatic rings. The van der Waals surface area contributed by atoms with Gasteiger partial charge in [0.1, 0.15) is 0 Å². The van der Waals surface area contributed by atoms with Gasteiger partial charge in [-0.2, -0.15) is 10.4 Å². The molecule has 1 aliphatic carbocycles. The third-order valence-electron chi connectivity index (χ3n) is 4.00. The molecular weight excluding hydrogens is 246 g/mol. The summed E-state index contributed by atoms with van der Waals surface area (Å²) in [6.07, 6.45) is 5.91. The molecule has 0 aliphatic heterocycles. The van der Waals surface area contributed by atoms with Crippen molar-refractivity contribution in [2.45, 2.75) is 58.9 Å². The van der Waals surface area contributed by atoms with Crippen LogP contribution in [0.15, 0.2) is 0 Å². The van der Waals surface area contributed by atoms with Gasteiger partial charge >= 0.3 is 0 Å². The average molecular weight is 266 g/mol. The Morgan fingerprint density at radius 3 is 2.56 bits per heavy atom. The van der Waals surface area contributed by atoms with Gasteiger partial charge in [0.05, 0.1) is 27.9 Å². The predicted octanol–water partition coefficient (Wildman–Crippen LogP) is 3.75. The molecule has 0 amide bonds. The Balaban J connectivity index is 2.33. The van der Waals surface area contributed by atoms with Crippen molar-refractivity contribution in [3.05, 3.63) is 16.4 Å². The number of hydrogen-bond acceptors (Lipinski definition) is 2. The van der Waals surface area contributed by atoms with Crippen molar-refractivity contribution in [1.82, 2.24) is 9.78 Å². The second-order valence-corrected chi connectivity index (χ2v) is 5.53. The summed E-state index contributed by atoms with van der Waals surface area (Å²) >= 11 is 6.41. The Morgan fingerprint density at radius 2 is 2.06 bits per heavy atom. The standard InChI is InChI=1S/C14H20ClN3/c1-3-11-13(15)12(18(4-2)17-11)9-14(10-16)7-5-6-8-14/h3-9H2,1-2H3. The van der Waals surface area contributed by atoms with Gasteiger partial charge in [-0.05, 0) is 26.2 Å². The van der Waals surface area contributed by atoms with Crippen molar-refractivity contribution in [2.75, 3.05) is 0 Å². The third kappa shape index (κ3) is 2.27. The summed E-state index contributed by atoms with van der Waals surface area (Å²) in [5, 5.41) is 14.8. The zero-order valence-electron chi connectivity index (χ0n) is 11.2. The largest absolute Gasteiger partial charge is 0.268 e. The van der Waals surface area contributed by atoms with Crippen LogP contribution >= 0.6 is 11.6 Å². The fourth-order valence-electron chi connectivity index (χ4n) is 2.89. The fourth-order valence-corrected chi connectivity index (χ4v) is 3.22. The average Bonchev–Trinajstić information content (AvgIpc) is 2.97. The first-order chi connectivity index (χ1) is 8.65. The normalized spacial score (nSPS) is 17.9. The summed E-state index contributed by atoms with van der Waals surface area (Å²) < 4.78 is 1.97. The molecule has 1 aliphatic rings. The maximum atomic E-state index is 9.47. The minimum Gasteiger partial charge on any atom is -0.268 e. The van der Waals surface area contributed by atoms with Crippen LogP contribution in [0.5, 0.6) is 0 Å². The van der Waals surface area contributed by atoms with Gasteiger partial charge in [0.2, 0.25) is 0 Å². The first-order valence-corrected chi connectivity index (χ1v) is 7.19. The molecule has 0 N–H and O–H groups in total. The van der Waals surface area contributed by atoms with Crippen molar-refractivity contribution in [3.63, 3.8) is 0 Å². The van der Waals surface area contributed by atoms with Gasteiger partial charge in [-0.25, -0.2) is 0 Å². The van der Waals surface area contributed by atoms with E-state index in [2.05, 4.69) is 25.0 Å². The minimum absolute atomic E-state index is 0.207. The number of aromatic nitrogens is 2. The van der Waals surface area contributed by atoms with Crippen LogP contribution in [0, 0.1) is 16.7 Å². The number of aryl methyl sites for hydroxylation is 2. The van der Waals surface area contributed by atoms with Crippen molar-refractivity contribution in [3.8, 4) is 6.07 Å². The maximum absolute atomic E-state index is 9.47. The highest BCUT2D eigenvalue weighted by atomic mass is 35.5. The van der Waals surface area contributed by atoms with E-state index in [0.29, 0.717) is 0 Å². The van der Waals surface area contributed by atoms with E-state index in [1.165, 1.54) is 0 Å². The molecule has 0 bridgehead atoms. The number of nitriles is 1. The number of rotatable bonds is 4. The van der Waals surface area contributed by atoms with Crippen LogP contribution in [0.25, 0.3) is 0 Å². The van der Waals surface area contributed by atoms with Gasteiger partial charge in [0.15, 0.2) is 0 Å². The maximum Gasteiger partial charge on any atom is 0.0850 e. The minimum atomic E-state index is -0.207. The summed E-state index contributed by atoms with van der Waals surface area (Å²) in [5.74, 6) is 0. The summed E-state index contributed by atoms with van der Waals surface area (Å²) in [6, 6.07) is 2.53. The van der Waals surface area contributed by atoms with Crippen molar-refractivity contribution < 1.29 is 0 Å². The van der Waals surface area contributed by atoms with Crippen molar-refractivity contribution >= 4 is 11.6 Å². The van der Waals surface area contributed by atoms with Crippen LogP contribution in [-0.4, -0.2) is 9.78 Å². The number of hydrogen-bond donors (Lipinski definition) is 0. The summed E-state index contributed by atoms with van der Waals surface area (Å²) in [6.45, 7) is 4.95. The molecule has 0 saturated heterocycles. The monoisotopic (exact) mass is 265 g/mol. The molecule has 98 valence electrons. The zero-order valence-corrected chi connectivity index (χ0v) is 11.9. The highest BCUT2D eigenvalue weighted by molar-refractivity contribution is 6.31. The molecule has 1 aromatic heterocycles. The lowest BCUT2D eigenvalue weighted by molar-refractivity contribution is 0.392. The molecule has 0 radical (unpaired) electrons. The van der Waals surface area contributed by atoms with E-state index >= 15 is 0 Å². The van der Waals surface area contributed by atoms with Crippen LogP contribution < -0.4 is 0 Å². The molecule has 1 saturated carbocycles. The molecule has 0 unspecified atom stereocenters. The van der Waals surface area contributed by atoms with E-state index < -0.39 is 0 Å². The first kappa shape index (κ1) is 13.4. The Morgan fingerprint density at radius 1 is 1.39 bits per heavy atom. The summed E-state index contributed by atoms with van der Waals surface area (Å²) in [5.41, 5.74) is 1.81. The Bertz CT molecular complexity index is 464. The van der Waals surface area contributed by atoms with E-state index in [1.54, 1.807) is 0 Å². The van der Waals surface area contributed by atoms with E-state index in [9.17, 15) is 5.26 Å².